The lowest BCUT2D eigenvalue weighted by molar-refractivity contribution is -0.0357. The molecule has 1 saturated carbocycles. The highest BCUT2D eigenvalue weighted by Crippen LogP contribution is 2.33. The van der Waals surface area contributed by atoms with E-state index in [0.29, 0.717) is 18.7 Å². The average molecular weight is 363 g/mol. The maximum absolute atomic E-state index is 13.6. The fourth-order valence-electron chi connectivity index (χ4n) is 4.09. The average Bonchev–Trinajstić information content (AvgIpc) is 2.69. The molecule has 2 amide bonds. The minimum absolute atomic E-state index is 0.0509. The van der Waals surface area contributed by atoms with Crippen molar-refractivity contribution in [3.63, 3.8) is 0 Å². The van der Waals surface area contributed by atoms with Crippen molar-refractivity contribution in [2.24, 2.45) is 0 Å². The highest BCUT2D eigenvalue weighted by Gasteiger charge is 2.38. The van der Waals surface area contributed by atoms with Crippen molar-refractivity contribution in [2.45, 2.75) is 51.1 Å². The van der Waals surface area contributed by atoms with Gasteiger partial charge >= 0.3 is 6.03 Å². The minimum atomic E-state index is -0.238. The van der Waals surface area contributed by atoms with Crippen molar-refractivity contribution >= 4 is 6.03 Å². The molecule has 0 atom stereocenters. The smallest absolute Gasteiger partial charge is 0.315 e. The second-order valence-electron chi connectivity index (χ2n) is 7.50. The van der Waals surface area contributed by atoms with Gasteiger partial charge in [-0.2, -0.15) is 0 Å². The van der Waals surface area contributed by atoms with Gasteiger partial charge in [-0.05, 0) is 37.0 Å². The lowest BCUT2D eigenvalue weighted by Gasteiger charge is -2.48. The number of amides is 2. The Morgan fingerprint density at radius 3 is 2.62 bits per heavy atom. The highest BCUT2D eigenvalue weighted by atomic mass is 19.1. The van der Waals surface area contributed by atoms with E-state index >= 15 is 0 Å². The van der Waals surface area contributed by atoms with E-state index in [-0.39, 0.29) is 17.4 Å². The maximum Gasteiger partial charge on any atom is 0.315 e. The van der Waals surface area contributed by atoms with Gasteiger partial charge in [0, 0.05) is 31.7 Å². The summed E-state index contributed by atoms with van der Waals surface area (Å²) in [7, 11) is 0. The lowest BCUT2D eigenvalue weighted by atomic mass is 9.80. The van der Waals surface area contributed by atoms with Gasteiger partial charge in [-0.15, -0.1) is 0 Å². The van der Waals surface area contributed by atoms with Crippen LogP contribution in [0.4, 0.5) is 9.18 Å². The van der Waals surface area contributed by atoms with E-state index in [0.717, 1.165) is 44.7 Å². The van der Waals surface area contributed by atoms with Crippen LogP contribution in [-0.4, -0.2) is 49.3 Å². The summed E-state index contributed by atoms with van der Waals surface area (Å²) in [6.07, 6.45) is 5.94. The van der Waals surface area contributed by atoms with Crippen LogP contribution in [0.1, 0.15) is 43.2 Å². The second kappa shape index (κ2) is 8.82. The van der Waals surface area contributed by atoms with Crippen molar-refractivity contribution in [1.82, 2.24) is 15.5 Å². The van der Waals surface area contributed by atoms with Gasteiger partial charge in [0.1, 0.15) is 5.82 Å². The molecule has 2 N–H and O–H groups in total. The molecular formula is C20H30FN3O2. The summed E-state index contributed by atoms with van der Waals surface area (Å²) in [5.41, 5.74) is 1.43. The Morgan fingerprint density at radius 2 is 1.92 bits per heavy atom. The molecule has 144 valence electrons. The summed E-state index contributed by atoms with van der Waals surface area (Å²) in [6, 6.07) is 4.87. The number of morpholine rings is 1. The topological polar surface area (TPSA) is 53.6 Å². The first kappa shape index (κ1) is 19.1. The SMILES string of the molecule is Cc1ccc(CNC(=O)NCC2(N3CCOCC3)CCCCC2)cc1F. The maximum atomic E-state index is 13.6. The highest BCUT2D eigenvalue weighted by molar-refractivity contribution is 5.73. The van der Waals surface area contributed by atoms with Crippen molar-refractivity contribution < 1.29 is 13.9 Å². The number of nitrogens with one attached hydrogen (secondary N) is 2. The number of aryl methyl sites for hydroxylation is 1. The van der Waals surface area contributed by atoms with Crippen LogP contribution in [0.15, 0.2) is 18.2 Å². The number of urea groups is 1. The number of hydrogen-bond donors (Lipinski definition) is 2. The third kappa shape index (κ3) is 4.74. The minimum Gasteiger partial charge on any atom is -0.379 e. The van der Waals surface area contributed by atoms with E-state index in [9.17, 15) is 9.18 Å². The number of rotatable bonds is 5. The quantitative estimate of drug-likeness (QED) is 0.846. The fourth-order valence-corrected chi connectivity index (χ4v) is 4.09. The molecule has 3 rings (SSSR count). The molecule has 1 heterocycles. The van der Waals surface area contributed by atoms with E-state index in [1.54, 1.807) is 13.0 Å². The predicted octanol–water partition coefficient (Wildman–Crippen LogP) is 2.97. The third-order valence-corrected chi connectivity index (χ3v) is 5.73. The van der Waals surface area contributed by atoms with Crippen LogP contribution in [0.25, 0.3) is 0 Å². The number of carbonyl (C=O) groups excluding carboxylic acids is 1. The molecule has 0 bridgehead atoms. The van der Waals surface area contributed by atoms with Crippen LogP contribution in [0.5, 0.6) is 0 Å². The predicted molar refractivity (Wildman–Crippen MR) is 99.6 cm³/mol. The Kier molecular flexibility index (Phi) is 6.48. The van der Waals surface area contributed by atoms with Crippen LogP contribution in [0.3, 0.4) is 0 Å². The summed E-state index contributed by atoms with van der Waals surface area (Å²) >= 11 is 0. The molecule has 6 heteroatoms. The van der Waals surface area contributed by atoms with Crippen LogP contribution < -0.4 is 10.6 Å². The van der Waals surface area contributed by atoms with Crippen molar-refractivity contribution in [1.29, 1.82) is 0 Å². The molecular weight excluding hydrogens is 333 g/mol. The molecule has 1 saturated heterocycles. The van der Waals surface area contributed by atoms with Gasteiger partial charge in [0.2, 0.25) is 0 Å². The van der Waals surface area contributed by atoms with Gasteiger partial charge in [-0.3, -0.25) is 4.90 Å². The van der Waals surface area contributed by atoms with Crippen LogP contribution in [0.2, 0.25) is 0 Å². The summed E-state index contributed by atoms with van der Waals surface area (Å²) in [4.78, 5) is 14.8. The molecule has 0 radical (unpaired) electrons. The van der Waals surface area contributed by atoms with E-state index in [2.05, 4.69) is 15.5 Å². The molecule has 0 unspecified atom stereocenters. The van der Waals surface area contributed by atoms with Crippen molar-refractivity contribution in [3.05, 3.63) is 35.1 Å². The fraction of sp³-hybridized carbons (Fsp3) is 0.650. The molecule has 1 aromatic rings. The summed E-state index contributed by atoms with van der Waals surface area (Å²) in [5, 5.41) is 5.91. The summed E-state index contributed by atoms with van der Waals surface area (Å²) in [5.74, 6) is -0.238. The standard InChI is InChI=1S/C20H30FN3O2/c1-16-5-6-17(13-18(16)21)14-22-19(25)23-15-20(7-3-2-4-8-20)24-9-11-26-12-10-24/h5-6,13H,2-4,7-12,14-15H2,1H3,(H2,22,23,25). The number of hydrogen-bond acceptors (Lipinski definition) is 3. The second-order valence-corrected chi connectivity index (χ2v) is 7.50. The van der Waals surface area contributed by atoms with E-state index in [1.807, 2.05) is 6.07 Å². The van der Waals surface area contributed by atoms with Crippen LogP contribution in [-0.2, 0) is 11.3 Å². The molecule has 1 aliphatic carbocycles. The Morgan fingerprint density at radius 1 is 1.19 bits per heavy atom. The first-order chi connectivity index (χ1) is 12.6. The summed E-state index contributed by atoms with van der Waals surface area (Å²) < 4.78 is 19.1. The zero-order valence-electron chi connectivity index (χ0n) is 15.7. The molecule has 2 fully saturated rings. The van der Waals surface area contributed by atoms with E-state index < -0.39 is 0 Å². The normalized spacial score (nSPS) is 20.5. The molecule has 1 aromatic carbocycles. The van der Waals surface area contributed by atoms with Crippen molar-refractivity contribution in [3.8, 4) is 0 Å². The first-order valence-corrected chi connectivity index (χ1v) is 9.69. The van der Waals surface area contributed by atoms with Gasteiger partial charge in [-0.1, -0.05) is 31.4 Å². The Labute approximate surface area is 155 Å². The lowest BCUT2D eigenvalue weighted by Crippen LogP contribution is -2.60. The Hall–Kier alpha value is -1.66. The zero-order chi connectivity index (χ0) is 18.4. The van der Waals surface area contributed by atoms with Gasteiger partial charge in [0.15, 0.2) is 0 Å². The Bertz CT molecular complexity index is 611. The Balaban J connectivity index is 1.52. The monoisotopic (exact) mass is 363 g/mol. The number of nitrogens with zero attached hydrogens (tertiary/aromatic N) is 1. The first-order valence-electron chi connectivity index (χ1n) is 9.69. The van der Waals surface area contributed by atoms with Crippen molar-refractivity contribution in [2.75, 3.05) is 32.8 Å². The van der Waals surface area contributed by atoms with Gasteiger partial charge in [-0.25, -0.2) is 9.18 Å². The molecule has 1 aliphatic heterocycles. The van der Waals surface area contributed by atoms with Gasteiger partial charge in [0.25, 0.3) is 0 Å². The molecule has 2 aliphatic rings. The number of halogens is 1. The summed E-state index contributed by atoms with van der Waals surface area (Å²) in [6.45, 7) is 6.13. The molecule has 0 spiro atoms. The molecule has 5 nitrogen and oxygen atoms in total. The third-order valence-electron chi connectivity index (χ3n) is 5.73. The number of benzene rings is 1. The zero-order valence-corrected chi connectivity index (χ0v) is 15.7. The molecule has 26 heavy (non-hydrogen) atoms. The molecule has 0 aromatic heterocycles. The van der Waals surface area contributed by atoms with Crippen LogP contribution in [0, 0.1) is 12.7 Å². The van der Waals surface area contributed by atoms with Gasteiger partial charge in [0.05, 0.1) is 13.2 Å². The number of carbonyl (C=O) groups is 1. The van der Waals surface area contributed by atoms with E-state index in [1.165, 1.54) is 25.3 Å². The largest absolute Gasteiger partial charge is 0.379 e. The number of ether oxygens (including phenoxy) is 1. The van der Waals surface area contributed by atoms with Crippen LogP contribution >= 0.6 is 0 Å². The van der Waals surface area contributed by atoms with E-state index in [4.69, 9.17) is 4.74 Å². The van der Waals surface area contributed by atoms with Gasteiger partial charge < -0.3 is 15.4 Å².